The van der Waals surface area contributed by atoms with Crippen LogP contribution in [0.3, 0.4) is 0 Å². The molecule has 6 rings (SSSR count). The van der Waals surface area contributed by atoms with Crippen molar-refractivity contribution in [1.29, 1.82) is 0 Å². The lowest BCUT2D eigenvalue weighted by Crippen LogP contribution is -2.51. The Labute approximate surface area is 276 Å². The molecule has 3 saturated carbocycles. The highest BCUT2D eigenvalue weighted by Gasteiger charge is 2.59. The van der Waals surface area contributed by atoms with Crippen molar-refractivity contribution in [3.63, 3.8) is 0 Å². The first-order valence-electron chi connectivity index (χ1n) is 17.8. The standard InChI is InChI=1S/C28H46O3.C12H10N2O/c1-18(2)7-6-8-19(3)23-11-12-24-22-10-9-20-17-21(31-26(29)30)13-15-27(20,4)25(22)14-16-28(23,24)5;15-12-9-5-4-8-11(12)14-13-10-6-2-1-3-7-10/h9,18-19,21-25H,6-8,10-17H2,1-5H3,(H,29,30);1-9,15H/t19-,21+,22+,23-,24+,25+,27+,28-;/m1./s1. The predicted molar refractivity (Wildman–Crippen MR) is 185 cm³/mol. The van der Waals surface area contributed by atoms with Gasteiger partial charge in [0.2, 0.25) is 0 Å². The predicted octanol–water partition coefficient (Wildman–Crippen LogP) is 11.9. The molecule has 6 heteroatoms. The van der Waals surface area contributed by atoms with E-state index in [4.69, 9.17) is 9.84 Å². The summed E-state index contributed by atoms with van der Waals surface area (Å²) in [5.41, 5.74) is 3.54. The first-order valence-corrected chi connectivity index (χ1v) is 17.8. The fraction of sp³-hybridized carbons (Fsp3) is 0.625. The maximum absolute atomic E-state index is 11.0. The molecule has 2 aromatic rings. The summed E-state index contributed by atoms with van der Waals surface area (Å²) >= 11 is 0. The molecule has 0 spiro atoms. The Hall–Kier alpha value is -3.15. The van der Waals surface area contributed by atoms with Crippen LogP contribution < -0.4 is 0 Å². The number of hydrogen-bond acceptors (Lipinski definition) is 5. The number of benzene rings is 2. The lowest BCUT2D eigenvalue weighted by molar-refractivity contribution is -0.0601. The monoisotopic (exact) mass is 628 g/mol. The van der Waals surface area contributed by atoms with Crippen LogP contribution in [0.4, 0.5) is 16.2 Å². The van der Waals surface area contributed by atoms with Gasteiger partial charge in [0.25, 0.3) is 0 Å². The molecule has 0 radical (unpaired) electrons. The highest BCUT2D eigenvalue weighted by atomic mass is 16.7. The Morgan fingerprint density at radius 3 is 2.37 bits per heavy atom. The van der Waals surface area contributed by atoms with Crippen molar-refractivity contribution in [2.24, 2.45) is 56.6 Å². The zero-order valence-electron chi connectivity index (χ0n) is 28.7. The van der Waals surface area contributed by atoms with Crippen LogP contribution in [0.5, 0.6) is 5.75 Å². The molecule has 0 amide bonds. The van der Waals surface area contributed by atoms with Crippen molar-refractivity contribution < 1.29 is 19.7 Å². The van der Waals surface area contributed by atoms with Crippen LogP contribution in [0.15, 0.2) is 76.5 Å². The first-order chi connectivity index (χ1) is 22.0. The van der Waals surface area contributed by atoms with Crippen molar-refractivity contribution in [2.45, 2.75) is 111 Å². The number of carboxylic acid groups (broad SMARTS) is 1. The molecule has 0 aromatic heterocycles. The molecule has 0 heterocycles. The molecule has 46 heavy (non-hydrogen) atoms. The molecule has 3 fully saturated rings. The quantitative estimate of drug-likeness (QED) is 0.173. The number of hydrogen-bond donors (Lipinski definition) is 2. The molecule has 4 aliphatic carbocycles. The number of nitrogens with zero attached hydrogens (tertiary/aromatic N) is 2. The van der Waals surface area contributed by atoms with E-state index in [1.165, 1.54) is 56.9 Å². The normalized spacial score (nSPS) is 32.4. The van der Waals surface area contributed by atoms with E-state index in [1.807, 2.05) is 30.3 Å². The van der Waals surface area contributed by atoms with Gasteiger partial charge >= 0.3 is 6.16 Å². The van der Waals surface area contributed by atoms with E-state index in [-0.39, 0.29) is 17.3 Å². The van der Waals surface area contributed by atoms with Crippen molar-refractivity contribution in [1.82, 2.24) is 0 Å². The number of para-hydroxylation sites is 1. The summed E-state index contributed by atoms with van der Waals surface area (Å²) in [6.45, 7) is 12.4. The fourth-order valence-corrected chi connectivity index (χ4v) is 10.1. The second-order valence-electron chi connectivity index (χ2n) is 15.6. The summed E-state index contributed by atoms with van der Waals surface area (Å²) in [5, 5.41) is 26.4. The van der Waals surface area contributed by atoms with Crippen LogP contribution in [0, 0.1) is 46.3 Å². The summed E-state index contributed by atoms with van der Waals surface area (Å²) in [6, 6.07) is 16.2. The molecule has 250 valence electrons. The van der Waals surface area contributed by atoms with Gasteiger partial charge in [0.15, 0.2) is 0 Å². The van der Waals surface area contributed by atoms with E-state index < -0.39 is 6.16 Å². The number of rotatable bonds is 8. The van der Waals surface area contributed by atoms with Crippen LogP contribution in [0.25, 0.3) is 0 Å². The summed E-state index contributed by atoms with van der Waals surface area (Å²) in [5.74, 6) is 5.23. The van der Waals surface area contributed by atoms with Gasteiger partial charge in [-0.3, -0.25) is 0 Å². The zero-order valence-corrected chi connectivity index (χ0v) is 28.7. The number of aromatic hydroxyl groups is 1. The number of carbonyl (C=O) groups is 1. The van der Waals surface area contributed by atoms with Crippen LogP contribution >= 0.6 is 0 Å². The molecule has 0 saturated heterocycles. The minimum atomic E-state index is -1.11. The largest absolute Gasteiger partial charge is 0.506 e. The highest BCUT2D eigenvalue weighted by Crippen LogP contribution is 2.67. The number of fused-ring (bicyclic) bond motifs is 5. The fourth-order valence-electron chi connectivity index (χ4n) is 10.1. The summed E-state index contributed by atoms with van der Waals surface area (Å²) in [6.07, 6.45) is 15.1. The van der Waals surface area contributed by atoms with E-state index in [1.54, 1.807) is 24.3 Å². The summed E-state index contributed by atoms with van der Waals surface area (Å²) in [4.78, 5) is 11.0. The van der Waals surface area contributed by atoms with Crippen LogP contribution in [0.2, 0.25) is 0 Å². The van der Waals surface area contributed by atoms with E-state index in [9.17, 15) is 9.90 Å². The van der Waals surface area contributed by atoms with E-state index in [2.05, 4.69) is 50.9 Å². The van der Waals surface area contributed by atoms with Crippen LogP contribution in [0.1, 0.15) is 105 Å². The third-order valence-electron chi connectivity index (χ3n) is 12.4. The Morgan fingerprint density at radius 2 is 1.65 bits per heavy atom. The van der Waals surface area contributed by atoms with Gasteiger partial charge in [-0.05, 0) is 116 Å². The second-order valence-corrected chi connectivity index (χ2v) is 15.6. The highest BCUT2D eigenvalue weighted by molar-refractivity contribution is 5.57. The molecule has 2 N–H and O–H groups in total. The average molecular weight is 629 g/mol. The topological polar surface area (TPSA) is 91.5 Å². The zero-order chi connectivity index (χ0) is 32.9. The van der Waals surface area contributed by atoms with Gasteiger partial charge in [-0.25, -0.2) is 4.79 Å². The SMILES string of the molecule is CC(C)CCC[C@@H](C)[C@H]1CC[C@H]2[C@@H]3CC=C4C[C@@H](OC(=O)O)CC[C@]4(C)[C@H]3CC[C@]12C.Oc1ccccc1N=Nc1ccccc1. The molecule has 2 aromatic carbocycles. The number of phenols is 1. The van der Waals surface area contributed by atoms with Gasteiger partial charge in [-0.2, -0.15) is 5.11 Å². The summed E-state index contributed by atoms with van der Waals surface area (Å²) in [7, 11) is 0. The maximum Gasteiger partial charge on any atom is 0.506 e. The van der Waals surface area contributed by atoms with Crippen molar-refractivity contribution in [2.75, 3.05) is 0 Å². The molecule has 6 nitrogen and oxygen atoms in total. The van der Waals surface area contributed by atoms with E-state index in [0.717, 1.165) is 60.5 Å². The third kappa shape index (κ3) is 7.52. The Kier molecular flexibility index (Phi) is 11.0. The second kappa shape index (κ2) is 14.7. The lowest BCUT2D eigenvalue weighted by Gasteiger charge is -2.58. The molecular formula is C40H56N2O4. The van der Waals surface area contributed by atoms with Gasteiger partial charge in [0, 0.05) is 6.42 Å². The third-order valence-corrected chi connectivity index (χ3v) is 12.4. The first kappa shape index (κ1) is 34.2. The number of allylic oxidation sites excluding steroid dienone is 1. The maximum atomic E-state index is 11.0. The minimum Gasteiger partial charge on any atom is -0.506 e. The number of phenolic OH excluding ortho intramolecular Hbond substituents is 1. The molecule has 8 atom stereocenters. The summed E-state index contributed by atoms with van der Waals surface area (Å²) < 4.78 is 5.17. The molecule has 0 bridgehead atoms. The van der Waals surface area contributed by atoms with Crippen molar-refractivity contribution in [3.05, 3.63) is 66.2 Å². The Balaban J connectivity index is 0.000000232. The smallest absolute Gasteiger partial charge is 0.506 e. The average Bonchev–Trinajstić information content (AvgIpc) is 3.38. The molecular weight excluding hydrogens is 572 g/mol. The lowest BCUT2D eigenvalue weighted by atomic mass is 9.47. The van der Waals surface area contributed by atoms with Gasteiger partial charge < -0.3 is 14.9 Å². The van der Waals surface area contributed by atoms with Gasteiger partial charge in [0.1, 0.15) is 17.5 Å². The number of azo groups is 1. The van der Waals surface area contributed by atoms with Crippen LogP contribution in [-0.4, -0.2) is 22.5 Å². The Bertz CT molecular complexity index is 1370. The Morgan fingerprint density at radius 1 is 0.913 bits per heavy atom. The van der Waals surface area contributed by atoms with E-state index >= 15 is 0 Å². The molecule has 4 aliphatic rings. The van der Waals surface area contributed by atoms with E-state index in [0.29, 0.717) is 11.1 Å². The minimum absolute atomic E-state index is 0.134. The van der Waals surface area contributed by atoms with Gasteiger partial charge in [0.05, 0.1) is 5.69 Å². The number of ether oxygens (including phenoxy) is 1. The van der Waals surface area contributed by atoms with Crippen molar-refractivity contribution in [3.8, 4) is 5.75 Å². The van der Waals surface area contributed by atoms with Gasteiger partial charge in [-0.15, -0.1) is 5.11 Å². The van der Waals surface area contributed by atoms with Crippen molar-refractivity contribution >= 4 is 17.5 Å². The van der Waals surface area contributed by atoms with Crippen LogP contribution in [-0.2, 0) is 4.74 Å². The van der Waals surface area contributed by atoms with Gasteiger partial charge in [-0.1, -0.05) is 95.9 Å². The molecule has 0 unspecified atom stereocenters. The molecule has 0 aliphatic heterocycles.